The van der Waals surface area contributed by atoms with E-state index in [9.17, 15) is 14.4 Å². The highest BCUT2D eigenvalue weighted by atomic mass is 16.2. The van der Waals surface area contributed by atoms with Crippen LogP contribution in [0.15, 0.2) is 35.3 Å². The first-order valence-corrected chi connectivity index (χ1v) is 11.0. The minimum absolute atomic E-state index is 0.116. The fourth-order valence-electron chi connectivity index (χ4n) is 4.23. The second kappa shape index (κ2) is 10.4. The number of likely N-dealkylation sites (tertiary alicyclic amines) is 1. The zero-order chi connectivity index (χ0) is 22.4. The van der Waals surface area contributed by atoms with Crippen molar-refractivity contribution in [2.24, 2.45) is 5.92 Å². The van der Waals surface area contributed by atoms with Gasteiger partial charge in [0.25, 0.3) is 11.5 Å². The number of pyridine rings is 2. The molecule has 3 rings (SSSR count). The number of hydrogen-bond donors (Lipinski definition) is 1. The van der Waals surface area contributed by atoms with Gasteiger partial charge in [-0.1, -0.05) is 6.07 Å². The summed E-state index contributed by atoms with van der Waals surface area (Å²) in [6.45, 7) is 5.50. The van der Waals surface area contributed by atoms with Crippen molar-refractivity contribution in [1.29, 1.82) is 0 Å². The molecule has 2 aromatic heterocycles. The fraction of sp³-hybridized carbons (Fsp3) is 0.500. The van der Waals surface area contributed by atoms with E-state index in [1.165, 1.54) is 0 Å². The van der Waals surface area contributed by atoms with Gasteiger partial charge in [0.15, 0.2) is 0 Å². The number of carbonyl (C=O) groups excluding carboxylic acids is 2. The van der Waals surface area contributed by atoms with Gasteiger partial charge in [0.1, 0.15) is 5.56 Å². The Hall–Kier alpha value is -2.96. The maximum Gasteiger partial charge on any atom is 0.261 e. The molecule has 1 aliphatic heterocycles. The number of piperidine rings is 1. The monoisotopic (exact) mass is 424 g/mol. The molecule has 2 amide bonds. The van der Waals surface area contributed by atoms with E-state index in [-0.39, 0.29) is 28.9 Å². The summed E-state index contributed by atoms with van der Waals surface area (Å²) in [7, 11) is 1.83. The number of aromatic nitrogens is 2. The Kier molecular flexibility index (Phi) is 7.60. The lowest BCUT2D eigenvalue weighted by Crippen LogP contribution is -2.42. The van der Waals surface area contributed by atoms with Gasteiger partial charge < -0.3 is 14.8 Å². The molecule has 0 unspecified atom stereocenters. The molecule has 0 aliphatic carbocycles. The summed E-state index contributed by atoms with van der Waals surface area (Å²) in [5, 5.41) is 0. The van der Waals surface area contributed by atoms with Gasteiger partial charge in [-0.25, -0.2) is 0 Å². The maximum absolute atomic E-state index is 13.0. The summed E-state index contributed by atoms with van der Waals surface area (Å²) in [5.41, 5.74) is 2.34. The van der Waals surface area contributed by atoms with Crippen LogP contribution < -0.4 is 5.56 Å². The molecule has 0 bridgehead atoms. The van der Waals surface area contributed by atoms with E-state index in [1.54, 1.807) is 22.9 Å². The smallest absolute Gasteiger partial charge is 0.261 e. The lowest BCUT2D eigenvalue weighted by molar-refractivity contribution is -0.130. The standard InChI is InChI=1S/C24H32N4O3/c1-17-15-18(2)26-23(30)22(17)24(31)28-13-6-7-19(16-28)9-10-21(29)27(3)14-11-20-8-4-5-12-25-20/h4-5,8,12,15,19H,6-7,9-11,13-14,16H2,1-3H3,(H,26,30)/t19-/m1/s1. The van der Waals surface area contributed by atoms with Crippen LogP contribution in [-0.2, 0) is 11.2 Å². The van der Waals surface area contributed by atoms with E-state index < -0.39 is 0 Å². The molecule has 0 aromatic carbocycles. The second-order valence-corrected chi connectivity index (χ2v) is 8.52. The number of aryl methyl sites for hydroxylation is 2. The Bertz CT molecular complexity index is 971. The zero-order valence-electron chi connectivity index (χ0n) is 18.7. The van der Waals surface area contributed by atoms with Gasteiger partial charge in [-0.3, -0.25) is 19.4 Å². The van der Waals surface area contributed by atoms with E-state index in [4.69, 9.17) is 0 Å². The topological polar surface area (TPSA) is 86.4 Å². The summed E-state index contributed by atoms with van der Waals surface area (Å²) in [4.78, 5) is 48.4. The quantitative estimate of drug-likeness (QED) is 0.740. The Morgan fingerprint density at radius 2 is 2.10 bits per heavy atom. The van der Waals surface area contributed by atoms with E-state index >= 15 is 0 Å². The van der Waals surface area contributed by atoms with Crippen molar-refractivity contribution in [3.05, 3.63) is 63.3 Å². The van der Waals surface area contributed by atoms with Crippen molar-refractivity contribution >= 4 is 11.8 Å². The number of nitrogens with one attached hydrogen (secondary N) is 1. The van der Waals surface area contributed by atoms with Crippen molar-refractivity contribution in [2.45, 2.75) is 46.0 Å². The summed E-state index contributed by atoms with van der Waals surface area (Å²) in [5.74, 6) is 0.183. The molecule has 1 saturated heterocycles. The lowest BCUT2D eigenvalue weighted by Gasteiger charge is -2.33. The molecular weight excluding hydrogens is 392 g/mol. The van der Waals surface area contributed by atoms with Crippen LogP contribution in [0, 0.1) is 19.8 Å². The number of rotatable bonds is 7. The molecule has 0 radical (unpaired) electrons. The van der Waals surface area contributed by atoms with Crippen LogP contribution in [0.4, 0.5) is 0 Å². The minimum atomic E-state index is -0.325. The highest BCUT2D eigenvalue weighted by Crippen LogP contribution is 2.23. The number of carbonyl (C=O) groups is 2. The first-order valence-electron chi connectivity index (χ1n) is 11.0. The van der Waals surface area contributed by atoms with Crippen LogP contribution in [0.3, 0.4) is 0 Å². The van der Waals surface area contributed by atoms with Crippen LogP contribution in [0.1, 0.15) is 53.0 Å². The molecule has 1 atom stereocenters. The number of likely N-dealkylation sites (N-methyl/N-ethyl adjacent to an activating group) is 1. The van der Waals surface area contributed by atoms with Gasteiger partial charge >= 0.3 is 0 Å². The molecule has 7 nitrogen and oxygen atoms in total. The fourth-order valence-corrected chi connectivity index (χ4v) is 4.23. The zero-order valence-corrected chi connectivity index (χ0v) is 18.7. The Morgan fingerprint density at radius 3 is 2.81 bits per heavy atom. The molecule has 1 aliphatic rings. The van der Waals surface area contributed by atoms with Crippen LogP contribution in [0.5, 0.6) is 0 Å². The third kappa shape index (κ3) is 6.03. The van der Waals surface area contributed by atoms with Gasteiger partial charge in [-0.15, -0.1) is 0 Å². The minimum Gasteiger partial charge on any atom is -0.345 e. The van der Waals surface area contributed by atoms with Gasteiger partial charge in [0.05, 0.1) is 0 Å². The van der Waals surface area contributed by atoms with Gasteiger partial charge in [-0.2, -0.15) is 0 Å². The van der Waals surface area contributed by atoms with Crippen molar-refractivity contribution < 1.29 is 9.59 Å². The van der Waals surface area contributed by atoms with Crippen LogP contribution in [0.25, 0.3) is 0 Å². The van der Waals surface area contributed by atoms with Crippen LogP contribution in [0.2, 0.25) is 0 Å². The Balaban J connectivity index is 1.51. The number of hydrogen-bond acceptors (Lipinski definition) is 4. The van der Waals surface area contributed by atoms with E-state index in [0.29, 0.717) is 31.6 Å². The highest BCUT2D eigenvalue weighted by molar-refractivity contribution is 5.95. The molecule has 1 fully saturated rings. The van der Waals surface area contributed by atoms with Crippen molar-refractivity contribution in [3.8, 4) is 0 Å². The van der Waals surface area contributed by atoms with E-state index in [1.807, 2.05) is 38.2 Å². The first-order chi connectivity index (χ1) is 14.8. The SMILES string of the molecule is Cc1cc(C)c(C(=O)N2CCC[C@H](CCC(=O)N(C)CCc3ccccn3)C2)c(=O)[nH]1. The molecule has 3 heterocycles. The summed E-state index contributed by atoms with van der Waals surface area (Å²) >= 11 is 0. The average Bonchev–Trinajstić information content (AvgIpc) is 2.76. The third-order valence-corrected chi connectivity index (χ3v) is 6.01. The van der Waals surface area contributed by atoms with Crippen molar-refractivity contribution in [3.63, 3.8) is 0 Å². The van der Waals surface area contributed by atoms with E-state index in [2.05, 4.69) is 9.97 Å². The normalized spacial score (nSPS) is 16.2. The van der Waals surface area contributed by atoms with Crippen molar-refractivity contribution in [1.82, 2.24) is 19.8 Å². The molecule has 0 spiro atoms. The molecule has 31 heavy (non-hydrogen) atoms. The van der Waals surface area contributed by atoms with E-state index in [0.717, 1.165) is 37.1 Å². The van der Waals surface area contributed by atoms with Crippen molar-refractivity contribution in [2.75, 3.05) is 26.7 Å². The van der Waals surface area contributed by atoms with Gasteiger partial charge in [0.2, 0.25) is 5.91 Å². The molecule has 1 N–H and O–H groups in total. The number of amides is 2. The summed E-state index contributed by atoms with van der Waals surface area (Å²) in [6.07, 6.45) is 5.61. The number of H-pyrrole nitrogens is 1. The second-order valence-electron chi connectivity index (χ2n) is 8.52. The summed E-state index contributed by atoms with van der Waals surface area (Å²) in [6, 6.07) is 7.63. The predicted octanol–water partition coefficient (Wildman–Crippen LogP) is 2.72. The maximum atomic E-state index is 13.0. The van der Waals surface area contributed by atoms with Crippen LogP contribution >= 0.6 is 0 Å². The number of nitrogens with zero attached hydrogens (tertiary/aromatic N) is 3. The Morgan fingerprint density at radius 1 is 1.29 bits per heavy atom. The largest absolute Gasteiger partial charge is 0.345 e. The molecule has 0 saturated carbocycles. The molecular formula is C24H32N4O3. The van der Waals surface area contributed by atoms with Gasteiger partial charge in [-0.05, 0) is 62.8 Å². The lowest BCUT2D eigenvalue weighted by atomic mass is 9.92. The highest BCUT2D eigenvalue weighted by Gasteiger charge is 2.27. The summed E-state index contributed by atoms with van der Waals surface area (Å²) < 4.78 is 0. The molecule has 166 valence electrons. The molecule has 2 aromatic rings. The molecule has 7 heteroatoms. The predicted molar refractivity (Wildman–Crippen MR) is 120 cm³/mol. The van der Waals surface area contributed by atoms with Crippen LogP contribution in [-0.4, -0.2) is 58.3 Å². The Labute approximate surface area is 183 Å². The average molecular weight is 425 g/mol. The first kappa shape index (κ1) is 22.7. The third-order valence-electron chi connectivity index (χ3n) is 6.01. The number of aromatic amines is 1. The van der Waals surface area contributed by atoms with Gasteiger partial charge in [0, 0.05) is 57.1 Å².